The maximum atomic E-state index is 12.2. The number of aromatic nitrogens is 1. The number of nitrogens with zero attached hydrogens (tertiary/aromatic N) is 1. The first kappa shape index (κ1) is 15.1. The number of carbonyl (C=O) groups is 1. The van der Waals surface area contributed by atoms with E-state index in [9.17, 15) is 9.90 Å². The number of thiazole rings is 1. The Hall–Kier alpha value is -1.34. The summed E-state index contributed by atoms with van der Waals surface area (Å²) in [7, 11) is 0. The smallest absolute Gasteiger partial charge is 0.265 e. The fourth-order valence-corrected chi connectivity index (χ4v) is 2.81. The third-order valence-corrected chi connectivity index (χ3v) is 4.61. The van der Waals surface area contributed by atoms with Crippen LogP contribution in [-0.2, 0) is 0 Å². The number of nitrogens with one attached hydrogen (secondary N) is 2. The molecule has 1 heterocycles. The van der Waals surface area contributed by atoms with Gasteiger partial charge in [0.25, 0.3) is 5.91 Å². The van der Waals surface area contributed by atoms with Crippen molar-refractivity contribution in [2.45, 2.75) is 45.2 Å². The van der Waals surface area contributed by atoms with Gasteiger partial charge in [0.2, 0.25) is 0 Å². The first-order valence-corrected chi connectivity index (χ1v) is 7.77. The van der Waals surface area contributed by atoms with E-state index >= 15 is 0 Å². The number of carbonyl (C=O) groups excluding carboxylic acids is 1. The number of hydrogen-bond donors (Lipinski definition) is 4. The first-order chi connectivity index (χ1) is 9.51. The highest BCUT2D eigenvalue weighted by molar-refractivity contribution is 7.18. The van der Waals surface area contributed by atoms with E-state index < -0.39 is 0 Å². The van der Waals surface area contributed by atoms with Gasteiger partial charge in [0, 0.05) is 6.04 Å². The van der Waals surface area contributed by atoms with E-state index in [1.807, 2.05) is 13.8 Å². The molecule has 0 spiro atoms. The predicted octanol–water partition coefficient (Wildman–Crippen LogP) is 1.44. The summed E-state index contributed by atoms with van der Waals surface area (Å²) in [6, 6.07) is 0.185. The maximum absolute atomic E-state index is 12.2. The number of anilines is 2. The van der Waals surface area contributed by atoms with Crippen LogP contribution in [0.5, 0.6) is 0 Å². The predicted molar refractivity (Wildman–Crippen MR) is 81.0 cm³/mol. The van der Waals surface area contributed by atoms with Gasteiger partial charge < -0.3 is 21.5 Å². The van der Waals surface area contributed by atoms with Crippen molar-refractivity contribution in [2.75, 3.05) is 17.7 Å². The molecular weight excluding hydrogens is 276 g/mol. The fraction of sp³-hybridized carbons (Fsp3) is 0.692. The average molecular weight is 298 g/mol. The molecule has 2 rings (SSSR count). The van der Waals surface area contributed by atoms with Crippen molar-refractivity contribution in [1.29, 1.82) is 0 Å². The highest BCUT2D eigenvalue weighted by Crippen LogP contribution is 2.29. The lowest BCUT2D eigenvalue weighted by atomic mass is 9.93. The van der Waals surface area contributed by atoms with Gasteiger partial charge >= 0.3 is 0 Å². The van der Waals surface area contributed by atoms with Crippen molar-refractivity contribution in [3.63, 3.8) is 0 Å². The molecule has 1 atom stereocenters. The van der Waals surface area contributed by atoms with Crippen molar-refractivity contribution >= 4 is 28.2 Å². The number of rotatable bonds is 6. The Morgan fingerprint density at radius 2 is 2.25 bits per heavy atom. The minimum Gasteiger partial charge on any atom is -0.394 e. The lowest BCUT2D eigenvalue weighted by molar-refractivity contribution is 0.0901. The first-order valence-electron chi connectivity index (χ1n) is 6.95. The second-order valence-electron chi connectivity index (χ2n) is 5.51. The molecule has 5 N–H and O–H groups in total. The van der Waals surface area contributed by atoms with Gasteiger partial charge in [0.05, 0.1) is 12.6 Å². The number of nitrogens with two attached hydrogens (primary N) is 1. The third kappa shape index (κ3) is 3.40. The Morgan fingerprint density at radius 1 is 1.55 bits per heavy atom. The third-order valence-electron chi connectivity index (χ3n) is 3.61. The van der Waals surface area contributed by atoms with Crippen molar-refractivity contribution in [2.24, 2.45) is 5.92 Å². The van der Waals surface area contributed by atoms with Gasteiger partial charge in [-0.1, -0.05) is 25.2 Å². The summed E-state index contributed by atoms with van der Waals surface area (Å²) in [5.41, 5.74) is 5.81. The van der Waals surface area contributed by atoms with Gasteiger partial charge in [-0.05, 0) is 25.2 Å². The summed E-state index contributed by atoms with van der Waals surface area (Å²) < 4.78 is 0. The van der Waals surface area contributed by atoms with Crippen LogP contribution in [0.1, 0.15) is 42.8 Å². The Kier molecular flexibility index (Phi) is 4.82. The zero-order chi connectivity index (χ0) is 14.7. The SMILES string of the molecule is CC(C)[C@@H](CO)NC(=O)c1sc(NC2CCC2)nc1N. The maximum Gasteiger partial charge on any atom is 0.265 e. The van der Waals surface area contributed by atoms with E-state index in [4.69, 9.17) is 5.73 Å². The molecule has 1 saturated carbocycles. The van der Waals surface area contributed by atoms with Crippen molar-refractivity contribution < 1.29 is 9.90 Å². The monoisotopic (exact) mass is 298 g/mol. The van der Waals surface area contributed by atoms with Crippen LogP contribution in [0.4, 0.5) is 10.9 Å². The van der Waals surface area contributed by atoms with Crippen LogP contribution in [0.3, 0.4) is 0 Å². The Morgan fingerprint density at radius 3 is 2.75 bits per heavy atom. The largest absolute Gasteiger partial charge is 0.394 e. The summed E-state index contributed by atoms with van der Waals surface area (Å²) in [6.45, 7) is 3.80. The molecular formula is C13H22N4O2S. The molecule has 1 aliphatic rings. The molecule has 0 saturated heterocycles. The molecule has 1 aliphatic carbocycles. The lowest BCUT2D eigenvalue weighted by Crippen LogP contribution is -2.41. The van der Waals surface area contributed by atoms with Gasteiger partial charge in [-0.25, -0.2) is 4.98 Å². The second-order valence-corrected chi connectivity index (χ2v) is 6.51. The molecule has 0 radical (unpaired) electrons. The van der Waals surface area contributed by atoms with Crippen LogP contribution in [0.2, 0.25) is 0 Å². The molecule has 6 nitrogen and oxygen atoms in total. The zero-order valence-corrected chi connectivity index (χ0v) is 12.7. The Bertz CT molecular complexity index is 471. The van der Waals surface area contributed by atoms with E-state index in [1.54, 1.807) is 0 Å². The molecule has 0 unspecified atom stereocenters. The molecule has 0 bridgehead atoms. The highest BCUT2D eigenvalue weighted by atomic mass is 32.1. The van der Waals surface area contributed by atoms with Crippen molar-refractivity contribution in [3.8, 4) is 0 Å². The molecule has 1 amide bonds. The Balaban J connectivity index is 2.01. The van der Waals surface area contributed by atoms with Crippen LogP contribution in [-0.4, -0.2) is 34.7 Å². The van der Waals surface area contributed by atoms with Crippen molar-refractivity contribution in [3.05, 3.63) is 4.88 Å². The van der Waals surface area contributed by atoms with Crippen LogP contribution in [0.15, 0.2) is 0 Å². The minimum absolute atomic E-state index is 0.0880. The average Bonchev–Trinajstić information content (AvgIpc) is 2.71. The molecule has 1 fully saturated rings. The topological polar surface area (TPSA) is 100 Å². The summed E-state index contributed by atoms with van der Waals surface area (Å²) in [5, 5.41) is 16.0. The van der Waals surface area contributed by atoms with Crippen LogP contribution < -0.4 is 16.4 Å². The highest BCUT2D eigenvalue weighted by Gasteiger charge is 2.23. The second kappa shape index (κ2) is 6.41. The van der Waals surface area contributed by atoms with Gasteiger partial charge in [0.1, 0.15) is 10.7 Å². The lowest BCUT2D eigenvalue weighted by Gasteiger charge is -2.25. The standard InChI is InChI=1S/C13H22N4O2S/c1-7(2)9(6-18)16-12(19)10-11(14)17-13(20-10)15-8-4-3-5-8/h7-9,18H,3-6,14H2,1-2H3,(H,15,17)(H,16,19)/t9-/m1/s1. The number of hydrogen-bond acceptors (Lipinski definition) is 6. The molecule has 1 aromatic heterocycles. The van der Waals surface area contributed by atoms with Gasteiger partial charge in [-0.15, -0.1) is 0 Å². The summed E-state index contributed by atoms with van der Waals surface area (Å²) in [4.78, 5) is 16.8. The fourth-order valence-electron chi connectivity index (χ4n) is 1.94. The van der Waals surface area contributed by atoms with Gasteiger partial charge in [-0.3, -0.25) is 4.79 Å². The quantitative estimate of drug-likeness (QED) is 0.636. The minimum atomic E-state index is -0.271. The Labute approximate surface area is 122 Å². The van der Waals surface area contributed by atoms with E-state index in [0.29, 0.717) is 16.1 Å². The molecule has 1 aromatic rings. The summed E-state index contributed by atoms with van der Waals surface area (Å²) in [5.74, 6) is 0.134. The van der Waals surface area contributed by atoms with E-state index in [1.165, 1.54) is 17.8 Å². The van der Waals surface area contributed by atoms with E-state index in [0.717, 1.165) is 12.8 Å². The van der Waals surface area contributed by atoms with Crippen LogP contribution in [0, 0.1) is 5.92 Å². The molecule has 7 heteroatoms. The van der Waals surface area contributed by atoms with Gasteiger partial charge in [0.15, 0.2) is 5.13 Å². The number of amides is 1. The molecule has 0 aromatic carbocycles. The summed E-state index contributed by atoms with van der Waals surface area (Å²) >= 11 is 1.27. The van der Waals surface area contributed by atoms with E-state index in [2.05, 4.69) is 15.6 Å². The van der Waals surface area contributed by atoms with Gasteiger partial charge in [-0.2, -0.15) is 0 Å². The van der Waals surface area contributed by atoms with Crippen molar-refractivity contribution in [1.82, 2.24) is 10.3 Å². The molecule has 20 heavy (non-hydrogen) atoms. The number of aliphatic hydroxyl groups is 1. The molecule has 112 valence electrons. The normalized spacial score (nSPS) is 16.8. The number of nitrogen functional groups attached to an aromatic ring is 1. The number of aliphatic hydroxyl groups excluding tert-OH is 1. The van der Waals surface area contributed by atoms with E-state index in [-0.39, 0.29) is 30.3 Å². The molecule has 0 aliphatic heterocycles. The zero-order valence-electron chi connectivity index (χ0n) is 11.8. The van der Waals surface area contributed by atoms with Crippen LogP contribution in [0.25, 0.3) is 0 Å². The summed E-state index contributed by atoms with van der Waals surface area (Å²) in [6.07, 6.45) is 3.51. The van der Waals surface area contributed by atoms with Crippen LogP contribution >= 0.6 is 11.3 Å².